The van der Waals surface area contributed by atoms with E-state index in [2.05, 4.69) is 33.7 Å². The maximum absolute atomic E-state index is 15.2. The van der Waals surface area contributed by atoms with E-state index in [0.717, 1.165) is 67.0 Å². The normalized spacial score (nSPS) is 16.3. The van der Waals surface area contributed by atoms with Crippen LogP contribution < -0.4 is 9.64 Å². The van der Waals surface area contributed by atoms with Gasteiger partial charge in [0.2, 0.25) is 0 Å². The first kappa shape index (κ1) is 40.2. The summed E-state index contributed by atoms with van der Waals surface area (Å²) in [6.45, 7) is 5.65. The third-order valence-electron chi connectivity index (χ3n) is 12.3. The quantitative estimate of drug-likeness (QED) is 0.129. The standard InChI is InChI=1S/C51H48ClN5O4/c52-41-17-22-45(50(58)57-32-39-14-6-4-12-37(39)28-43(57)34-54-24-26-60-27-25-54)46(29-41)49-30-47(48-16-8-9-23-55(48)49)51(59)56(33-40-15-7-5-13-38(40)31-53)42-18-20-44(21-19-42)61-35-36-10-2-1-3-11-36/h1-7,10-15,17-22,29-30,43H,8-9,16,23-28,32-35H2/t43-/m0/s1. The molecule has 0 N–H and O–H groups in total. The number of hydrogen-bond acceptors (Lipinski definition) is 6. The summed E-state index contributed by atoms with van der Waals surface area (Å²) in [6, 6.07) is 43.1. The van der Waals surface area contributed by atoms with Crippen molar-refractivity contribution in [3.05, 3.63) is 177 Å². The van der Waals surface area contributed by atoms with E-state index in [-0.39, 0.29) is 24.4 Å². The summed E-state index contributed by atoms with van der Waals surface area (Å²) < 4.78 is 14.0. The Morgan fingerprint density at radius 2 is 1.57 bits per heavy atom. The molecule has 1 saturated heterocycles. The van der Waals surface area contributed by atoms with Crippen LogP contribution in [0.2, 0.25) is 5.02 Å². The molecule has 9 nitrogen and oxygen atoms in total. The number of rotatable bonds is 11. The second-order valence-electron chi connectivity index (χ2n) is 16.1. The summed E-state index contributed by atoms with van der Waals surface area (Å²) in [7, 11) is 0. The predicted molar refractivity (Wildman–Crippen MR) is 238 cm³/mol. The Kier molecular flexibility index (Phi) is 12.0. The molecule has 2 amide bonds. The van der Waals surface area contributed by atoms with Crippen molar-refractivity contribution < 1.29 is 19.1 Å². The molecule has 1 aromatic heterocycles. The van der Waals surface area contributed by atoms with E-state index in [1.54, 1.807) is 17.0 Å². The third kappa shape index (κ3) is 8.71. The van der Waals surface area contributed by atoms with Crippen molar-refractivity contribution in [3.63, 3.8) is 0 Å². The van der Waals surface area contributed by atoms with Gasteiger partial charge in [-0.1, -0.05) is 84.4 Å². The van der Waals surface area contributed by atoms with Crippen molar-refractivity contribution in [2.24, 2.45) is 0 Å². The summed E-state index contributed by atoms with van der Waals surface area (Å²) >= 11 is 6.79. The van der Waals surface area contributed by atoms with Crippen LogP contribution in [0.25, 0.3) is 11.3 Å². The fourth-order valence-corrected chi connectivity index (χ4v) is 9.22. The highest BCUT2D eigenvalue weighted by Gasteiger charge is 2.35. The molecular weight excluding hydrogens is 782 g/mol. The first-order valence-corrected chi connectivity index (χ1v) is 21.6. The maximum atomic E-state index is 15.2. The highest BCUT2D eigenvalue weighted by Crippen LogP contribution is 2.37. The number of nitrogens with zero attached hydrogens (tertiary/aromatic N) is 5. The number of halogens is 1. The largest absolute Gasteiger partial charge is 0.489 e. The van der Waals surface area contributed by atoms with Gasteiger partial charge < -0.3 is 23.8 Å². The average Bonchev–Trinajstić information content (AvgIpc) is 3.70. The summed E-state index contributed by atoms with van der Waals surface area (Å²) in [5.41, 5.74) is 9.01. The maximum Gasteiger partial charge on any atom is 0.260 e. The van der Waals surface area contributed by atoms with Crippen LogP contribution in [-0.2, 0) is 43.8 Å². The predicted octanol–water partition coefficient (Wildman–Crippen LogP) is 9.34. The Morgan fingerprint density at radius 3 is 2.38 bits per heavy atom. The Morgan fingerprint density at radius 1 is 0.820 bits per heavy atom. The zero-order chi connectivity index (χ0) is 41.7. The summed E-state index contributed by atoms with van der Waals surface area (Å²) in [5.74, 6) is 0.446. The van der Waals surface area contributed by atoms with E-state index in [0.29, 0.717) is 78.0 Å². The molecule has 4 heterocycles. The molecule has 0 unspecified atom stereocenters. The van der Waals surface area contributed by atoms with Gasteiger partial charge in [0.25, 0.3) is 11.8 Å². The number of anilines is 1. The highest BCUT2D eigenvalue weighted by atomic mass is 35.5. The van der Waals surface area contributed by atoms with Gasteiger partial charge in [0.05, 0.1) is 37.0 Å². The number of hydrogen-bond donors (Lipinski definition) is 0. The highest BCUT2D eigenvalue weighted by molar-refractivity contribution is 6.31. The summed E-state index contributed by atoms with van der Waals surface area (Å²) in [4.78, 5) is 36.5. The lowest BCUT2D eigenvalue weighted by Gasteiger charge is -2.40. The first-order chi connectivity index (χ1) is 29.9. The Bertz CT molecular complexity index is 2580. The van der Waals surface area contributed by atoms with E-state index in [4.69, 9.17) is 21.1 Å². The van der Waals surface area contributed by atoms with Gasteiger partial charge in [0.1, 0.15) is 12.4 Å². The molecule has 9 rings (SSSR count). The molecule has 1 fully saturated rings. The van der Waals surface area contributed by atoms with Gasteiger partial charge in [0.15, 0.2) is 0 Å². The van der Waals surface area contributed by atoms with Crippen LogP contribution in [0, 0.1) is 11.3 Å². The number of aromatic nitrogens is 1. The van der Waals surface area contributed by atoms with E-state index in [9.17, 15) is 5.26 Å². The third-order valence-corrected chi connectivity index (χ3v) is 12.5. The van der Waals surface area contributed by atoms with Crippen LogP contribution >= 0.6 is 11.6 Å². The van der Waals surface area contributed by atoms with Gasteiger partial charge in [-0.15, -0.1) is 0 Å². The topological polar surface area (TPSA) is 91.0 Å². The molecule has 0 spiro atoms. The van der Waals surface area contributed by atoms with E-state index < -0.39 is 0 Å². The van der Waals surface area contributed by atoms with Gasteiger partial charge in [-0.2, -0.15) is 5.26 Å². The Balaban J connectivity index is 1.08. The van der Waals surface area contributed by atoms with Crippen LogP contribution in [0.3, 0.4) is 0 Å². The molecule has 0 radical (unpaired) electrons. The van der Waals surface area contributed by atoms with Crippen molar-refractivity contribution >= 4 is 29.1 Å². The minimum absolute atomic E-state index is 0.0256. The van der Waals surface area contributed by atoms with Crippen molar-refractivity contribution in [2.75, 3.05) is 37.7 Å². The molecule has 1 atom stereocenters. The number of ether oxygens (including phenoxy) is 2. The molecule has 0 aliphatic carbocycles. The van der Waals surface area contributed by atoms with Crippen LogP contribution in [0.5, 0.6) is 5.75 Å². The fraction of sp³-hybridized carbons (Fsp3) is 0.275. The van der Waals surface area contributed by atoms with Crippen molar-refractivity contribution in [2.45, 2.75) is 58.0 Å². The Hall–Kier alpha value is -6.18. The van der Waals surface area contributed by atoms with Crippen molar-refractivity contribution in [1.82, 2.24) is 14.4 Å². The average molecular weight is 830 g/mol. The van der Waals surface area contributed by atoms with Gasteiger partial charge in [-0.25, -0.2) is 0 Å². The zero-order valence-electron chi connectivity index (χ0n) is 34.1. The fourth-order valence-electron chi connectivity index (χ4n) is 9.05. The van der Waals surface area contributed by atoms with Crippen molar-refractivity contribution in [1.29, 1.82) is 5.26 Å². The Labute approximate surface area is 362 Å². The minimum atomic E-state index is -0.185. The van der Waals surface area contributed by atoms with Gasteiger partial charge in [-0.3, -0.25) is 14.5 Å². The van der Waals surface area contributed by atoms with Crippen LogP contribution in [0.15, 0.2) is 127 Å². The van der Waals surface area contributed by atoms with Gasteiger partial charge in [-0.05, 0) is 103 Å². The molecule has 5 aromatic carbocycles. The van der Waals surface area contributed by atoms with E-state index in [1.807, 2.05) is 102 Å². The number of morpholine rings is 1. The number of carbonyl (C=O) groups is 2. The van der Waals surface area contributed by atoms with Crippen LogP contribution in [0.4, 0.5) is 5.69 Å². The van der Waals surface area contributed by atoms with Crippen LogP contribution in [-0.4, -0.2) is 65.1 Å². The smallest absolute Gasteiger partial charge is 0.260 e. The second-order valence-corrected chi connectivity index (χ2v) is 16.5. The molecule has 0 saturated carbocycles. The minimum Gasteiger partial charge on any atom is -0.489 e. The SMILES string of the molecule is N#Cc1ccccc1CN(C(=O)c1cc(-c2cc(Cl)ccc2C(=O)N2Cc3ccccc3C[C@H]2CN2CCOCC2)n2c1CCCC2)c1ccc(OCc2ccccc2)cc1. The molecule has 3 aliphatic rings. The number of benzene rings is 5. The summed E-state index contributed by atoms with van der Waals surface area (Å²) in [5, 5.41) is 10.6. The summed E-state index contributed by atoms with van der Waals surface area (Å²) in [6.07, 6.45) is 3.36. The lowest BCUT2D eigenvalue weighted by molar-refractivity contribution is 0.0193. The zero-order valence-corrected chi connectivity index (χ0v) is 34.9. The monoisotopic (exact) mass is 829 g/mol. The molecule has 0 bridgehead atoms. The van der Waals surface area contributed by atoms with E-state index in [1.165, 1.54) is 5.56 Å². The molecule has 3 aliphatic heterocycles. The lowest BCUT2D eigenvalue weighted by Crippen LogP contribution is -2.52. The van der Waals surface area contributed by atoms with Gasteiger partial charge >= 0.3 is 0 Å². The van der Waals surface area contributed by atoms with Crippen LogP contribution in [0.1, 0.15) is 67.1 Å². The van der Waals surface area contributed by atoms with Gasteiger partial charge in [0, 0.05) is 72.0 Å². The number of carbonyl (C=O) groups excluding carboxylic acids is 2. The molecule has 61 heavy (non-hydrogen) atoms. The second kappa shape index (κ2) is 18.2. The number of fused-ring (bicyclic) bond motifs is 2. The first-order valence-electron chi connectivity index (χ1n) is 21.2. The molecule has 10 heteroatoms. The lowest BCUT2D eigenvalue weighted by atomic mass is 9.92. The number of amides is 2. The molecule has 6 aromatic rings. The van der Waals surface area contributed by atoms with E-state index >= 15 is 9.59 Å². The molecule has 308 valence electrons. The van der Waals surface area contributed by atoms with Crippen molar-refractivity contribution in [3.8, 4) is 23.1 Å². The molecular formula is C51H48ClN5O4. The number of nitriles is 1.